The Hall–Kier alpha value is -2.62. The van der Waals surface area contributed by atoms with Gasteiger partial charge in [0.15, 0.2) is 0 Å². The summed E-state index contributed by atoms with van der Waals surface area (Å²) in [5.74, 6) is 0.562. The fraction of sp³-hybridized carbons (Fsp3) is 0.462. The molecule has 0 aromatic heterocycles. The molecule has 4 heteroatoms. The Balaban J connectivity index is 1.18. The van der Waals surface area contributed by atoms with E-state index in [2.05, 4.69) is 42.6 Å². The highest BCUT2D eigenvalue weighted by atomic mass is 16.2. The molecule has 1 heterocycles. The summed E-state index contributed by atoms with van der Waals surface area (Å²) in [6.45, 7) is 4.35. The second kappa shape index (κ2) is 9.03. The molecular weight excluding hydrogens is 372 g/mol. The van der Waals surface area contributed by atoms with Crippen molar-refractivity contribution in [2.45, 2.75) is 45.4 Å². The summed E-state index contributed by atoms with van der Waals surface area (Å²) >= 11 is 0. The first-order valence-electron chi connectivity index (χ1n) is 11.2. The Morgan fingerprint density at radius 2 is 1.73 bits per heavy atom. The predicted molar refractivity (Wildman–Crippen MR) is 119 cm³/mol. The molecule has 4 nitrogen and oxygen atoms in total. The maximum absolute atomic E-state index is 12.7. The van der Waals surface area contributed by atoms with Gasteiger partial charge in [0.1, 0.15) is 0 Å². The van der Waals surface area contributed by atoms with E-state index in [9.17, 15) is 9.59 Å². The Morgan fingerprint density at radius 1 is 1.03 bits per heavy atom. The molecule has 2 amide bonds. The molecule has 1 N–H and O–H groups in total. The fourth-order valence-corrected chi connectivity index (χ4v) is 4.83. The van der Waals surface area contributed by atoms with Crippen LogP contribution in [-0.2, 0) is 22.4 Å². The molecule has 1 aliphatic heterocycles. The lowest BCUT2D eigenvalue weighted by Crippen LogP contribution is -2.41. The van der Waals surface area contributed by atoms with Gasteiger partial charge < -0.3 is 10.2 Å². The molecule has 2 fully saturated rings. The number of hydrogen-bond acceptors (Lipinski definition) is 2. The normalized spacial score (nSPS) is 19.5. The zero-order valence-corrected chi connectivity index (χ0v) is 17.9. The minimum Gasteiger partial charge on any atom is -0.356 e. The van der Waals surface area contributed by atoms with Gasteiger partial charge in [-0.05, 0) is 61.1 Å². The topological polar surface area (TPSA) is 49.4 Å². The van der Waals surface area contributed by atoms with Gasteiger partial charge in [0.05, 0.1) is 6.42 Å². The third-order valence-electron chi connectivity index (χ3n) is 7.01. The van der Waals surface area contributed by atoms with Gasteiger partial charge >= 0.3 is 0 Å². The average molecular weight is 405 g/mol. The third-order valence-corrected chi connectivity index (χ3v) is 7.01. The van der Waals surface area contributed by atoms with Gasteiger partial charge in [-0.25, -0.2) is 0 Å². The van der Waals surface area contributed by atoms with Crippen molar-refractivity contribution < 1.29 is 9.59 Å². The molecule has 1 atom stereocenters. The summed E-state index contributed by atoms with van der Waals surface area (Å²) in [6.07, 6.45) is 5.33. The van der Waals surface area contributed by atoms with Crippen LogP contribution in [0.25, 0.3) is 0 Å². The Bertz CT molecular complexity index is 885. The van der Waals surface area contributed by atoms with Crippen LogP contribution in [-0.4, -0.2) is 36.3 Å². The minimum absolute atomic E-state index is 0.142. The van der Waals surface area contributed by atoms with Crippen LogP contribution >= 0.6 is 0 Å². The van der Waals surface area contributed by atoms with E-state index >= 15 is 0 Å². The van der Waals surface area contributed by atoms with E-state index in [-0.39, 0.29) is 23.1 Å². The molecule has 158 valence electrons. The Labute approximate surface area is 179 Å². The molecular formula is C26H32N2O2. The highest BCUT2D eigenvalue weighted by Crippen LogP contribution is 2.59. The van der Waals surface area contributed by atoms with Gasteiger partial charge in [-0.3, -0.25) is 9.59 Å². The van der Waals surface area contributed by atoms with Crippen LogP contribution in [0.1, 0.15) is 42.4 Å². The number of piperidine rings is 1. The van der Waals surface area contributed by atoms with Crippen LogP contribution in [0.5, 0.6) is 0 Å². The highest BCUT2D eigenvalue weighted by molar-refractivity contribution is 5.83. The van der Waals surface area contributed by atoms with Crippen molar-refractivity contribution >= 4 is 11.8 Å². The smallest absolute Gasteiger partial charge is 0.226 e. The lowest BCUT2D eigenvalue weighted by molar-refractivity contribution is -0.132. The van der Waals surface area contributed by atoms with Gasteiger partial charge in [0.2, 0.25) is 11.8 Å². The number of rotatable bonds is 7. The number of nitrogens with zero attached hydrogens (tertiary/aromatic N) is 1. The number of amides is 2. The molecule has 1 saturated carbocycles. The summed E-state index contributed by atoms with van der Waals surface area (Å²) in [4.78, 5) is 27.3. The van der Waals surface area contributed by atoms with Crippen molar-refractivity contribution in [2.75, 3.05) is 19.6 Å². The maximum Gasteiger partial charge on any atom is 0.226 e. The Kier molecular flexibility index (Phi) is 6.21. The molecule has 30 heavy (non-hydrogen) atoms. The molecule has 1 spiro atoms. The van der Waals surface area contributed by atoms with Crippen LogP contribution in [0.3, 0.4) is 0 Å². The highest BCUT2D eigenvalue weighted by Gasteiger charge is 2.58. The first kappa shape index (κ1) is 20.6. The maximum atomic E-state index is 12.7. The Morgan fingerprint density at radius 3 is 2.47 bits per heavy atom. The van der Waals surface area contributed by atoms with E-state index in [1.807, 2.05) is 29.2 Å². The predicted octanol–water partition coefficient (Wildman–Crippen LogP) is 3.92. The van der Waals surface area contributed by atoms with Crippen molar-refractivity contribution in [1.82, 2.24) is 10.2 Å². The van der Waals surface area contributed by atoms with Crippen LogP contribution in [0.15, 0.2) is 54.6 Å². The lowest BCUT2D eigenvalue weighted by atomic mass is 9.90. The van der Waals surface area contributed by atoms with Crippen LogP contribution in [0.4, 0.5) is 0 Å². The lowest BCUT2D eigenvalue weighted by Gasteiger charge is -2.33. The van der Waals surface area contributed by atoms with E-state index in [1.165, 1.54) is 11.1 Å². The number of nitrogens with one attached hydrogen (secondary N) is 1. The van der Waals surface area contributed by atoms with Crippen molar-refractivity contribution in [3.8, 4) is 0 Å². The van der Waals surface area contributed by atoms with Crippen LogP contribution < -0.4 is 5.32 Å². The summed E-state index contributed by atoms with van der Waals surface area (Å²) in [5, 5.41) is 3.14. The van der Waals surface area contributed by atoms with Gasteiger partial charge in [-0.15, -0.1) is 0 Å². The molecule has 2 aromatic rings. The van der Waals surface area contributed by atoms with E-state index in [4.69, 9.17) is 0 Å². The molecule has 2 aliphatic rings. The standard InChI is InChI=1S/C26H32N2O2/c1-20-8-5-6-12-22(20)18-24(29)28-16-13-26(14-17-28)19-23(26)25(30)27-15-7-11-21-9-3-2-4-10-21/h2-6,8-10,12,23H,7,11,13-19H2,1H3,(H,27,30). The number of aryl methyl sites for hydroxylation is 2. The molecule has 1 saturated heterocycles. The van der Waals surface area contributed by atoms with Crippen molar-refractivity contribution in [3.63, 3.8) is 0 Å². The van der Waals surface area contributed by atoms with E-state index < -0.39 is 0 Å². The van der Waals surface area contributed by atoms with Crippen molar-refractivity contribution in [2.24, 2.45) is 11.3 Å². The largest absolute Gasteiger partial charge is 0.356 e. The summed E-state index contributed by atoms with van der Waals surface area (Å²) in [6, 6.07) is 18.5. The van der Waals surface area contributed by atoms with Crippen LogP contribution in [0.2, 0.25) is 0 Å². The number of hydrogen-bond donors (Lipinski definition) is 1. The summed E-state index contributed by atoms with van der Waals surface area (Å²) < 4.78 is 0. The van der Waals surface area contributed by atoms with Gasteiger partial charge in [0.25, 0.3) is 0 Å². The molecule has 1 unspecified atom stereocenters. The second-order valence-electron chi connectivity index (χ2n) is 8.98. The molecule has 0 radical (unpaired) electrons. The number of likely N-dealkylation sites (tertiary alicyclic amines) is 1. The zero-order chi connectivity index (χ0) is 21.0. The zero-order valence-electron chi connectivity index (χ0n) is 17.9. The molecule has 1 aliphatic carbocycles. The fourth-order valence-electron chi connectivity index (χ4n) is 4.83. The number of carbonyl (C=O) groups excluding carboxylic acids is 2. The monoisotopic (exact) mass is 404 g/mol. The van der Waals surface area contributed by atoms with Gasteiger partial charge in [-0.2, -0.15) is 0 Å². The summed E-state index contributed by atoms with van der Waals surface area (Å²) in [5.41, 5.74) is 3.74. The third kappa shape index (κ3) is 4.75. The van der Waals surface area contributed by atoms with E-state index in [0.717, 1.165) is 57.3 Å². The first-order chi connectivity index (χ1) is 14.6. The molecule has 0 bridgehead atoms. The average Bonchev–Trinajstić information content (AvgIpc) is 3.47. The number of benzene rings is 2. The number of carbonyl (C=O) groups is 2. The van der Waals surface area contributed by atoms with Crippen molar-refractivity contribution in [1.29, 1.82) is 0 Å². The van der Waals surface area contributed by atoms with Crippen LogP contribution in [0, 0.1) is 18.3 Å². The van der Waals surface area contributed by atoms with Crippen molar-refractivity contribution in [3.05, 3.63) is 71.3 Å². The van der Waals surface area contributed by atoms with Gasteiger partial charge in [-0.1, -0.05) is 54.6 Å². The molecule has 4 rings (SSSR count). The van der Waals surface area contributed by atoms with E-state index in [1.54, 1.807) is 0 Å². The SMILES string of the molecule is Cc1ccccc1CC(=O)N1CCC2(CC1)CC2C(=O)NCCCc1ccccc1. The first-order valence-corrected chi connectivity index (χ1v) is 11.2. The van der Waals surface area contributed by atoms with Gasteiger partial charge in [0, 0.05) is 25.6 Å². The summed E-state index contributed by atoms with van der Waals surface area (Å²) in [7, 11) is 0. The molecule has 2 aromatic carbocycles. The second-order valence-corrected chi connectivity index (χ2v) is 8.98. The van der Waals surface area contributed by atoms with E-state index in [0.29, 0.717) is 6.42 Å². The minimum atomic E-state index is 0.142. The quantitative estimate of drug-likeness (QED) is 0.711.